The van der Waals surface area contributed by atoms with E-state index in [1.54, 1.807) is 18.2 Å². The summed E-state index contributed by atoms with van der Waals surface area (Å²) < 4.78 is 2.01. The lowest BCUT2D eigenvalue weighted by atomic mass is 10.1. The molecular formula is C19H21N3O2. The van der Waals surface area contributed by atoms with Crippen LogP contribution in [-0.2, 0) is 4.79 Å². The number of phenolic OH excluding ortho intramolecular Hbond substituents is 1. The highest BCUT2D eigenvalue weighted by Crippen LogP contribution is 2.24. The van der Waals surface area contributed by atoms with Crippen molar-refractivity contribution in [2.24, 2.45) is 0 Å². The van der Waals surface area contributed by atoms with Gasteiger partial charge in [-0.25, -0.2) is 0 Å². The molecule has 0 radical (unpaired) electrons. The summed E-state index contributed by atoms with van der Waals surface area (Å²) in [5.74, 6) is -0.166. The fraction of sp³-hybridized carbons (Fsp3) is 0.263. The first-order chi connectivity index (χ1) is 11.3. The molecule has 0 spiro atoms. The van der Waals surface area contributed by atoms with Gasteiger partial charge >= 0.3 is 0 Å². The number of carbonyl (C=O) groups is 1. The molecule has 0 bridgehead atoms. The molecule has 1 aromatic carbocycles. The molecule has 2 rings (SSSR count). The van der Waals surface area contributed by atoms with E-state index in [-0.39, 0.29) is 23.3 Å². The molecule has 5 nitrogen and oxygen atoms in total. The third-order valence-electron chi connectivity index (χ3n) is 3.66. The Kier molecular flexibility index (Phi) is 5.10. The van der Waals surface area contributed by atoms with Gasteiger partial charge in [0.2, 0.25) is 0 Å². The average molecular weight is 323 g/mol. The van der Waals surface area contributed by atoms with Gasteiger partial charge in [-0.05, 0) is 69.7 Å². The molecule has 2 aromatic rings. The van der Waals surface area contributed by atoms with Crippen LogP contribution in [0.1, 0.15) is 30.8 Å². The number of aromatic nitrogens is 1. The molecule has 0 aliphatic heterocycles. The number of nitriles is 1. The molecule has 0 atom stereocenters. The second kappa shape index (κ2) is 7.05. The molecule has 0 fully saturated rings. The lowest BCUT2D eigenvalue weighted by molar-refractivity contribution is -0.117. The lowest BCUT2D eigenvalue weighted by Crippen LogP contribution is -2.30. The number of nitrogens with zero attached hydrogens (tertiary/aromatic N) is 2. The summed E-state index contributed by atoms with van der Waals surface area (Å²) in [4.78, 5) is 12.1. The number of phenols is 1. The van der Waals surface area contributed by atoms with Crippen LogP contribution in [0.25, 0.3) is 11.8 Å². The number of rotatable bonds is 4. The van der Waals surface area contributed by atoms with Gasteiger partial charge in [-0.2, -0.15) is 5.26 Å². The molecular weight excluding hydrogens is 302 g/mol. The second-order valence-electron chi connectivity index (χ2n) is 5.98. The SMILES string of the molecule is Cc1cc(C=C(C#N)C(=O)NC(C)C)c(C)n1-c1ccc(O)cc1. The summed E-state index contributed by atoms with van der Waals surface area (Å²) >= 11 is 0. The van der Waals surface area contributed by atoms with Gasteiger partial charge < -0.3 is 15.0 Å². The molecule has 1 amide bonds. The Bertz CT molecular complexity index is 822. The van der Waals surface area contributed by atoms with Crippen molar-refractivity contribution in [3.8, 4) is 17.5 Å². The number of aromatic hydroxyl groups is 1. The summed E-state index contributed by atoms with van der Waals surface area (Å²) in [6, 6.07) is 10.8. The number of amides is 1. The first-order valence-corrected chi connectivity index (χ1v) is 7.74. The van der Waals surface area contributed by atoms with Crippen molar-refractivity contribution in [1.82, 2.24) is 9.88 Å². The Morgan fingerprint density at radius 3 is 2.46 bits per heavy atom. The highest BCUT2D eigenvalue weighted by molar-refractivity contribution is 6.02. The zero-order chi connectivity index (χ0) is 17.9. The predicted molar refractivity (Wildman–Crippen MR) is 93.8 cm³/mol. The molecule has 124 valence electrons. The maximum Gasteiger partial charge on any atom is 0.262 e. The summed E-state index contributed by atoms with van der Waals surface area (Å²) in [5.41, 5.74) is 3.70. The van der Waals surface area contributed by atoms with Crippen molar-refractivity contribution in [1.29, 1.82) is 5.26 Å². The van der Waals surface area contributed by atoms with Gasteiger partial charge in [0.1, 0.15) is 17.4 Å². The minimum Gasteiger partial charge on any atom is -0.508 e. The minimum atomic E-state index is -0.373. The number of nitrogens with one attached hydrogen (secondary N) is 1. The maximum atomic E-state index is 12.1. The zero-order valence-electron chi connectivity index (χ0n) is 14.3. The van der Waals surface area contributed by atoms with E-state index >= 15 is 0 Å². The average Bonchev–Trinajstić information content (AvgIpc) is 2.79. The van der Waals surface area contributed by atoms with Gasteiger partial charge in [0.15, 0.2) is 0 Å². The molecule has 0 unspecified atom stereocenters. The largest absolute Gasteiger partial charge is 0.508 e. The van der Waals surface area contributed by atoms with Crippen LogP contribution in [-0.4, -0.2) is 21.6 Å². The Labute approximate surface area is 141 Å². The van der Waals surface area contributed by atoms with Crippen LogP contribution in [0.4, 0.5) is 0 Å². The monoisotopic (exact) mass is 323 g/mol. The van der Waals surface area contributed by atoms with Crippen LogP contribution in [0.5, 0.6) is 5.75 Å². The Balaban J connectivity index is 2.44. The molecule has 24 heavy (non-hydrogen) atoms. The van der Waals surface area contributed by atoms with E-state index in [2.05, 4.69) is 5.32 Å². The summed E-state index contributed by atoms with van der Waals surface area (Å²) in [7, 11) is 0. The van der Waals surface area contributed by atoms with Crippen LogP contribution in [0, 0.1) is 25.2 Å². The van der Waals surface area contributed by atoms with Gasteiger partial charge in [-0.1, -0.05) is 0 Å². The zero-order valence-corrected chi connectivity index (χ0v) is 14.3. The Morgan fingerprint density at radius 2 is 1.92 bits per heavy atom. The first kappa shape index (κ1) is 17.4. The molecule has 0 aliphatic rings. The van der Waals surface area contributed by atoms with Crippen LogP contribution in [0.3, 0.4) is 0 Å². The van der Waals surface area contributed by atoms with Gasteiger partial charge in [0.25, 0.3) is 5.91 Å². The summed E-state index contributed by atoms with van der Waals surface area (Å²) in [6.07, 6.45) is 1.61. The predicted octanol–water partition coefficient (Wildman–Crippen LogP) is 3.23. The highest BCUT2D eigenvalue weighted by Gasteiger charge is 2.14. The number of carbonyl (C=O) groups excluding carboxylic acids is 1. The minimum absolute atomic E-state index is 0.0290. The van der Waals surface area contributed by atoms with E-state index in [0.29, 0.717) is 0 Å². The maximum absolute atomic E-state index is 12.1. The number of benzene rings is 1. The molecule has 0 saturated carbocycles. The summed E-state index contributed by atoms with van der Waals surface area (Å²) in [6.45, 7) is 7.59. The fourth-order valence-electron chi connectivity index (χ4n) is 2.58. The quantitative estimate of drug-likeness (QED) is 0.670. The summed E-state index contributed by atoms with van der Waals surface area (Å²) in [5, 5.41) is 21.4. The fourth-order valence-corrected chi connectivity index (χ4v) is 2.58. The number of hydrogen-bond donors (Lipinski definition) is 2. The van der Waals surface area contributed by atoms with Crippen molar-refractivity contribution in [3.05, 3.63) is 52.9 Å². The van der Waals surface area contributed by atoms with Crippen LogP contribution in [0.2, 0.25) is 0 Å². The third-order valence-corrected chi connectivity index (χ3v) is 3.66. The molecule has 1 aromatic heterocycles. The van der Waals surface area contributed by atoms with Crippen LogP contribution in [0.15, 0.2) is 35.9 Å². The van der Waals surface area contributed by atoms with Crippen molar-refractivity contribution in [3.63, 3.8) is 0 Å². The van der Waals surface area contributed by atoms with E-state index < -0.39 is 0 Å². The second-order valence-corrected chi connectivity index (χ2v) is 5.98. The van der Waals surface area contributed by atoms with Gasteiger partial charge in [-0.15, -0.1) is 0 Å². The van der Waals surface area contributed by atoms with Crippen LogP contribution >= 0.6 is 0 Å². The van der Waals surface area contributed by atoms with Gasteiger partial charge in [-0.3, -0.25) is 4.79 Å². The molecule has 0 aliphatic carbocycles. The lowest BCUT2D eigenvalue weighted by Gasteiger charge is -2.10. The van der Waals surface area contributed by atoms with E-state index in [1.165, 1.54) is 0 Å². The number of hydrogen-bond acceptors (Lipinski definition) is 3. The highest BCUT2D eigenvalue weighted by atomic mass is 16.3. The third kappa shape index (κ3) is 3.66. The number of aryl methyl sites for hydroxylation is 1. The first-order valence-electron chi connectivity index (χ1n) is 7.74. The Morgan fingerprint density at radius 1 is 1.29 bits per heavy atom. The Hall–Kier alpha value is -3.00. The standard InChI is InChI=1S/C19H21N3O2/c1-12(2)21-19(24)16(11-20)10-15-9-13(3)22(14(15)4)17-5-7-18(23)8-6-17/h5-10,12,23H,1-4H3,(H,21,24). The smallest absolute Gasteiger partial charge is 0.262 e. The van der Waals surface area contributed by atoms with Crippen molar-refractivity contribution >= 4 is 12.0 Å². The van der Waals surface area contributed by atoms with Crippen molar-refractivity contribution in [2.75, 3.05) is 0 Å². The molecule has 0 saturated heterocycles. The van der Waals surface area contributed by atoms with E-state index in [4.69, 9.17) is 0 Å². The molecule has 2 N–H and O–H groups in total. The van der Waals surface area contributed by atoms with Crippen molar-refractivity contribution < 1.29 is 9.90 Å². The van der Waals surface area contributed by atoms with Crippen molar-refractivity contribution in [2.45, 2.75) is 33.7 Å². The normalized spacial score (nSPS) is 11.4. The van der Waals surface area contributed by atoms with Crippen LogP contribution < -0.4 is 5.32 Å². The molecule has 1 heterocycles. The molecule has 5 heteroatoms. The van der Waals surface area contributed by atoms with Gasteiger partial charge in [0, 0.05) is 23.1 Å². The van der Waals surface area contributed by atoms with Gasteiger partial charge in [0.05, 0.1) is 0 Å². The van der Waals surface area contributed by atoms with E-state index in [0.717, 1.165) is 22.6 Å². The van der Waals surface area contributed by atoms with E-state index in [1.807, 2.05) is 56.5 Å². The topological polar surface area (TPSA) is 78.0 Å². The van der Waals surface area contributed by atoms with E-state index in [9.17, 15) is 15.2 Å².